The molecular weight excluding hydrogens is 152 g/mol. The van der Waals surface area contributed by atoms with Gasteiger partial charge in [0, 0.05) is 6.07 Å². The van der Waals surface area contributed by atoms with Crippen LogP contribution in [-0.4, -0.2) is 5.16 Å². The van der Waals surface area contributed by atoms with Crippen molar-refractivity contribution in [2.45, 2.75) is 38.1 Å². The number of nitrogens with two attached hydrogens (primary N) is 1. The molecule has 0 bridgehead atoms. The lowest BCUT2D eigenvalue weighted by Gasteiger charge is -2.19. The average molecular weight is 166 g/mol. The SMILES string of the molecule is Cc1cc(C2(N)CCCC2)no1. The molecule has 1 heterocycles. The Kier molecular flexibility index (Phi) is 1.68. The minimum absolute atomic E-state index is 0.197. The Balaban J connectivity index is 2.28. The zero-order chi connectivity index (χ0) is 8.60. The zero-order valence-electron chi connectivity index (χ0n) is 7.34. The van der Waals surface area contributed by atoms with Crippen molar-refractivity contribution in [3.05, 3.63) is 17.5 Å². The van der Waals surface area contributed by atoms with Crippen LogP contribution in [0.15, 0.2) is 10.6 Å². The highest BCUT2D eigenvalue weighted by Crippen LogP contribution is 2.35. The molecule has 0 saturated heterocycles. The number of nitrogens with zero attached hydrogens (tertiary/aromatic N) is 1. The molecule has 2 N–H and O–H groups in total. The molecule has 0 unspecified atom stereocenters. The summed E-state index contributed by atoms with van der Waals surface area (Å²) in [5, 5.41) is 3.97. The highest BCUT2D eigenvalue weighted by atomic mass is 16.5. The van der Waals surface area contributed by atoms with Crippen molar-refractivity contribution in [3.8, 4) is 0 Å². The quantitative estimate of drug-likeness (QED) is 0.691. The first-order valence-corrected chi connectivity index (χ1v) is 4.43. The third-order valence-electron chi connectivity index (χ3n) is 2.63. The maximum absolute atomic E-state index is 6.17. The summed E-state index contributed by atoms with van der Waals surface area (Å²) in [7, 11) is 0. The van der Waals surface area contributed by atoms with Gasteiger partial charge in [0.05, 0.1) is 5.54 Å². The maximum atomic E-state index is 6.17. The molecule has 1 aliphatic rings. The lowest BCUT2D eigenvalue weighted by atomic mass is 9.95. The van der Waals surface area contributed by atoms with E-state index in [0.717, 1.165) is 24.3 Å². The van der Waals surface area contributed by atoms with E-state index in [1.807, 2.05) is 13.0 Å². The molecule has 1 fully saturated rings. The van der Waals surface area contributed by atoms with Gasteiger partial charge in [-0.15, -0.1) is 0 Å². The summed E-state index contributed by atoms with van der Waals surface area (Å²) in [5.41, 5.74) is 6.90. The van der Waals surface area contributed by atoms with Gasteiger partial charge in [0.25, 0.3) is 0 Å². The van der Waals surface area contributed by atoms with Gasteiger partial charge in [0.2, 0.25) is 0 Å². The summed E-state index contributed by atoms with van der Waals surface area (Å²) in [6.07, 6.45) is 4.50. The van der Waals surface area contributed by atoms with Crippen LogP contribution in [0.4, 0.5) is 0 Å². The molecule has 0 aromatic carbocycles. The first-order valence-electron chi connectivity index (χ1n) is 4.43. The van der Waals surface area contributed by atoms with E-state index in [0.29, 0.717) is 0 Å². The van der Waals surface area contributed by atoms with Gasteiger partial charge in [0.15, 0.2) is 0 Å². The van der Waals surface area contributed by atoms with Crippen molar-refractivity contribution < 1.29 is 4.52 Å². The van der Waals surface area contributed by atoms with Gasteiger partial charge in [-0.3, -0.25) is 0 Å². The van der Waals surface area contributed by atoms with Crippen molar-refractivity contribution in [1.82, 2.24) is 5.16 Å². The number of aryl methyl sites for hydroxylation is 1. The number of hydrogen-bond donors (Lipinski definition) is 1. The van der Waals surface area contributed by atoms with Gasteiger partial charge >= 0.3 is 0 Å². The molecule has 0 radical (unpaired) electrons. The molecule has 12 heavy (non-hydrogen) atoms. The fourth-order valence-corrected chi connectivity index (χ4v) is 1.86. The Morgan fingerprint density at radius 2 is 2.17 bits per heavy atom. The summed E-state index contributed by atoms with van der Waals surface area (Å²) in [4.78, 5) is 0. The van der Waals surface area contributed by atoms with Crippen molar-refractivity contribution in [2.24, 2.45) is 5.73 Å². The van der Waals surface area contributed by atoms with E-state index in [9.17, 15) is 0 Å². The van der Waals surface area contributed by atoms with E-state index in [1.54, 1.807) is 0 Å². The summed E-state index contributed by atoms with van der Waals surface area (Å²) in [6.45, 7) is 1.90. The van der Waals surface area contributed by atoms with Crippen molar-refractivity contribution in [2.75, 3.05) is 0 Å². The lowest BCUT2D eigenvalue weighted by molar-refractivity contribution is 0.356. The van der Waals surface area contributed by atoms with Crippen LogP contribution in [0.5, 0.6) is 0 Å². The first-order chi connectivity index (χ1) is 5.71. The van der Waals surface area contributed by atoms with Crippen molar-refractivity contribution in [3.63, 3.8) is 0 Å². The molecule has 2 rings (SSSR count). The summed E-state index contributed by atoms with van der Waals surface area (Å²) >= 11 is 0. The molecule has 66 valence electrons. The first kappa shape index (κ1) is 7.80. The van der Waals surface area contributed by atoms with E-state index < -0.39 is 0 Å². The number of hydrogen-bond acceptors (Lipinski definition) is 3. The molecule has 0 amide bonds. The minimum Gasteiger partial charge on any atom is -0.361 e. The Morgan fingerprint density at radius 3 is 2.67 bits per heavy atom. The van der Waals surface area contributed by atoms with Crippen molar-refractivity contribution in [1.29, 1.82) is 0 Å². The Bertz CT molecular complexity index is 274. The normalized spacial score (nSPS) is 21.5. The smallest absolute Gasteiger partial charge is 0.134 e. The van der Waals surface area contributed by atoms with Gasteiger partial charge in [0.1, 0.15) is 11.5 Å². The molecule has 1 aliphatic carbocycles. The van der Waals surface area contributed by atoms with Gasteiger partial charge in [-0.2, -0.15) is 0 Å². The van der Waals surface area contributed by atoms with Crippen LogP contribution in [0.25, 0.3) is 0 Å². The molecule has 0 atom stereocenters. The average Bonchev–Trinajstić information content (AvgIpc) is 2.59. The summed E-state index contributed by atoms with van der Waals surface area (Å²) in [6, 6.07) is 1.95. The second-order valence-corrected chi connectivity index (χ2v) is 3.69. The van der Waals surface area contributed by atoms with E-state index in [4.69, 9.17) is 10.3 Å². The van der Waals surface area contributed by atoms with Crippen LogP contribution in [-0.2, 0) is 5.54 Å². The molecule has 3 heteroatoms. The highest BCUT2D eigenvalue weighted by Gasteiger charge is 2.33. The van der Waals surface area contributed by atoms with E-state index >= 15 is 0 Å². The van der Waals surface area contributed by atoms with Crippen LogP contribution in [0, 0.1) is 6.92 Å². The summed E-state index contributed by atoms with van der Waals surface area (Å²) in [5.74, 6) is 0.849. The van der Waals surface area contributed by atoms with Crippen LogP contribution in [0.3, 0.4) is 0 Å². The molecular formula is C9H14N2O. The number of aromatic nitrogens is 1. The largest absolute Gasteiger partial charge is 0.361 e. The second-order valence-electron chi connectivity index (χ2n) is 3.69. The molecule has 3 nitrogen and oxygen atoms in total. The van der Waals surface area contributed by atoms with Crippen LogP contribution >= 0.6 is 0 Å². The van der Waals surface area contributed by atoms with E-state index in [2.05, 4.69) is 5.16 Å². The fourth-order valence-electron chi connectivity index (χ4n) is 1.86. The third-order valence-corrected chi connectivity index (χ3v) is 2.63. The molecule has 1 aromatic heterocycles. The minimum atomic E-state index is -0.197. The van der Waals surface area contributed by atoms with E-state index in [-0.39, 0.29) is 5.54 Å². The van der Waals surface area contributed by atoms with Gasteiger partial charge in [-0.1, -0.05) is 18.0 Å². The lowest BCUT2D eigenvalue weighted by Crippen LogP contribution is -2.33. The Labute approximate surface area is 71.9 Å². The second kappa shape index (κ2) is 2.59. The zero-order valence-corrected chi connectivity index (χ0v) is 7.34. The Morgan fingerprint density at radius 1 is 1.50 bits per heavy atom. The topological polar surface area (TPSA) is 52.0 Å². The third kappa shape index (κ3) is 1.14. The van der Waals surface area contributed by atoms with Gasteiger partial charge < -0.3 is 10.3 Å². The van der Waals surface area contributed by atoms with Crippen LogP contribution < -0.4 is 5.73 Å². The highest BCUT2D eigenvalue weighted by molar-refractivity contribution is 5.16. The standard InChI is InChI=1S/C9H14N2O/c1-7-6-8(11-12-7)9(10)4-2-3-5-9/h6H,2-5,10H2,1H3. The maximum Gasteiger partial charge on any atom is 0.134 e. The number of rotatable bonds is 1. The monoisotopic (exact) mass is 166 g/mol. The molecule has 0 aliphatic heterocycles. The molecule has 0 spiro atoms. The van der Waals surface area contributed by atoms with Crippen LogP contribution in [0.1, 0.15) is 37.1 Å². The van der Waals surface area contributed by atoms with Crippen molar-refractivity contribution >= 4 is 0 Å². The molecule has 1 aromatic rings. The summed E-state index contributed by atoms with van der Waals surface area (Å²) < 4.78 is 5.01. The van der Waals surface area contributed by atoms with Gasteiger partial charge in [-0.25, -0.2) is 0 Å². The fraction of sp³-hybridized carbons (Fsp3) is 0.667. The van der Waals surface area contributed by atoms with Crippen LogP contribution in [0.2, 0.25) is 0 Å². The predicted molar refractivity (Wildman–Crippen MR) is 45.6 cm³/mol. The van der Waals surface area contributed by atoms with E-state index in [1.165, 1.54) is 12.8 Å². The Hall–Kier alpha value is -0.830. The molecule has 1 saturated carbocycles. The predicted octanol–water partition coefficient (Wildman–Crippen LogP) is 1.71. The van der Waals surface area contributed by atoms with Gasteiger partial charge in [-0.05, 0) is 19.8 Å².